The number of benzene rings is 5. The first kappa shape index (κ1) is 42.4. The van der Waals surface area contributed by atoms with Gasteiger partial charge in [0.05, 0.1) is 11.2 Å². The van der Waals surface area contributed by atoms with E-state index in [-0.39, 0.29) is 35.3 Å². The maximum Gasteiger partial charge on any atom is 0.411 e. The molecule has 0 aliphatic carbocycles. The molecule has 1 aliphatic rings. The van der Waals surface area contributed by atoms with Gasteiger partial charge in [-0.25, -0.2) is 4.79 Å². The molecule has 5 N–H and O–H groups in total. The van der Waals surface area contributed by atoms with Crippen LogP contribution in [0.3, 0.4) is 0 Å². The lowest BCUT2D eigenvalue weighted by atomic mass is 10.0. The Kier molecular flexibility index (Phi) is 13.9. The number of nitrogens with one attached hydrogen (secondary N) is 4. The fraction of sp³-hybridized carbons (Fsp3) is 0.265. The quantitative estimate of drug-likeness (QED) is 0.0699. The molecule has 12 heteroatoms. The summed E-state index contributed by atoms with van der Waals surface area (Å²) in [6, 6.07) is 39.3. The summed E-state index contributed by atoms with van der Waals surface area (Å²) in [5.74, 6) is -0.269. The van der Waals surface area contributed by atoms with E-state index in [4.69, 9.17) is 4.74 Å². The largest absolute Gasteiger partial charge is 0.506 e. The molecule has 7 rings (SSSR count). The van der Waals surface area contributed by atoms with E-state index in [2.05, 4.69) is 32.8 Å². The summed E-state index contributed by atoms with van der Waals surface area (Å²) in [7, 11) is 1.72. The number of H-pyrrole nitrogens is 1. The number of anilines is 3. The second kappa shape index (κ2) is 20.0. The zero-order valence-corrected chi connectivity index (χ0v) is 34.5. The summed E-state index contributed by atoms with van der Waals surface area (Å²) in [6.07, 6.45) is 2.52. The smallest absolute Gasteiger partial charge is 0.411 e. The number of ether oxygens (including phenoxy) is 1. The molecule has 61 heavy (non-hydrogen) atoms. The maximum atomic E-state index is 13.3. The monoisotopic (exact) mass is 820 g/mol. The van der Waals surface area contributed by atoms with Crippen molar-refractivity contribution < 1.29 is 24.2 Å². The average molecular weight is 821 g/mol. The van der Waals surface area contributed by atoms with Crippen molar-refractivity contribution in [2.45, 2.75) is 51.2 Å². The number of phenolic OH excluding ortho intramolecular Hbond substituents is 1. The summed E-state index contributed by atoms with van der Waals surface area (Å²) >= 11 is 0. The van der Waals surface area contributed by atoms with Crippen LogP contribution in [0, 0.1) is 0 Å². The molecule has 2 heterocycles. The third-order valence-electron chi connectivity index (χ3n) is 11.2. The summed E-state index contributed by atoms with van der Waals surface area (Å²) in [5, 5.41) is 20.4. The molecule has 1 aromatic heterocycles. The predicted octanol–water partition coefficient (Wildman–Crippen LogP) is 7.98. The molecule has 0 radical (unpaired) electrons. The molecule has 5 aromatic carbocycles. The van der Waals surface area contributed by atoms with Gasteiger partial charge in [-0.3, -0.25) is 19.7 Å². The number of piperidine rings is 1. The van der Waals surface area contributed by atoms with Crippen LogP contribution >= 0.6 is 0 Å². The third kappa shape index (κ3) is 11.3. The molecule has 0 spiro atoms. The number of phenols is 1. The van der Waals surface area contributed by atoms with Gasteiger partial charge in [0.25, 0.3) is 5.91 Å². The first-order valence-corrected chi connectivity index (χ1v) is 20.8. The normalized spacial score (nSPS) is 13.7. The third-order valence-corrected chi connectivity index (χ3v) is 11.2. The van der Waals surface area contributed by atoms with Crippen molar-refractivity contribution in [1.82, 2.24) is 15.2 Å². The van der Waals surface area contributed by atoms with Crippen LogP contribution in [-0.2, 0) is 22.4 Å². The van der Waals surface area contributed by atoms with Crippen LogP contribution in [0.4, 0.5) is 21.9 Å². The molecule has 1 saturated heterocycles. The molecule has 3 amide bonds. The number of pyridine rings is 1. The Morgan fingerprint density at radius 3 is 2.41 bits per heavy atom. The van der Waals surface area contributed by atoms with Gasteiger partial charge in [-0.1, -0.05) is 72.8 Å². The van der Waals surface area contributed by atoms with Gasteiger partial charge in [0.2, 0.25) is 11.5 Å². The van der Waals surface area contributed by atoms with Crippen molar-refractivity contribution in [3.63, 3.8) is 0 Å². The summed E-state index contributed by atoms with van der Waals surface area (Å²) in [6.45, 7) is 4.85. The van der Waals surface area contributed by atoms with Gasteiger partial charge in [-0.05, 0) is 104 Å². The number of hydrogen-bond donors (Lipinski definition) is 5. The van der Waals surface area contributed by atoms with Crippen molar-refractivity contribution in [2.24, 2.45) is 0 Å². The van der Waals surface area contributed by atoms with E-state index in [1.54, 1.807) is 42.3 Å². The van der Waals surface area contributed by atoms with Crippen molar-refractivity contribution in [3.8, 4) is 16.9 Å². The number of likely N-dealkylation sites (tertiary alicyclic amines) is 1. The van der Waals surface area contributed by atoms with E-state index in [9.17, 15) is 24.3 Å². The molecule has 1 fully saturated rings. The van der Waals surface area contributed by atoms with E-state index in [0.29, 0.717) is 67.0 Å². The topological polar surface area (TPSA) is 156 Å². The highest BCUT2D eigenvalue weighted by Gasteiger charge is 2.24. The Labute approximate surface area is 355 Å². The zero-order valence-electron chi connectivity index (χ0n) is 34.5. The van der Waals surface area contributed by atoms with Gasteiger partial charge < -0.3 is 35.3 Å². The molecular formula is C49H52N6O6. The minimum absolute atomic E-state index is 0.0561. The van der Waals surface area contributed by atoms with Gasteiger partial charge in [-0.2, -0.15) is 0 Å². The summed E-state index contributed by atoms with van der Waals surface area (Å²) < 4.78 is 5.78. The van der Waals surface area contributed by atoms with Crippen molar-refractivity contribution in [3.05, 3.63) is 154 Å². The SMILES string of the molecule is CC(Cc1ccc(NC(=O)c2cccc(N(C)C(=O)CCN3CCC(OC(=O)Nc4ccccc4-c4ccccc4)CC3)c2)cc1)NCCc1ccc(O)c2[nH]c(=O)ccc12. The van der Waals surface area contributed by atoms with E-state index in [1.165, 1.54) is 6.07 Å². The van der Waals surface area contributed by atoms with Crippen LogP contribution in [0.1, 0.15) is 47.7 Å². The lowest BCUT2D eigenvalue weighted by Crippen LogP contribution is -2.40. The average Bonchev–Trinajstić information content (AvgIpc) is 3.28. The number of aromatic nitrogens is 1. The van der Waals surface area contributed by atoms with Crippen molar-refractivity contribution >= 4 is 45.9 Å². The van der Waals surface area contributed by atoms with Crippen molar-refractivity contribution in [1.29, 1.82) is 0 Å². The molecule has 1 atom stereocenters. The number of aromatic amines is 1. The van der Waals surface area contributed by atoms with Gasteiger partial charge in [-0.15, -0.1) is 0 Å². The highest BCUT2D eigenvalue weighted by Crippen LogP contribution is 2.29. The number of aromatic hydroxyl groups is 1. The molecule has 12 nitrogen and oxygen atoms in total. The summed E-state index contributed by atoms with van der Waals surface area (Å²) in [5.41, 5.74) is 6.74. The minimum Gasteiger partial charge on any atom is -0.506 e. The van der Waals surface area contributed by atoms with Gasteiger partial charge in [0.15, 0.2) is 0 Å². The van der Waals surface area contributed by atoms with Crippen molar-refractivity contribution in [2.75, 3.05) is 48.8 Å². The van der Waals surface area contributed by atoms with E-state index >= 15 is 0 Å². The number of amides is 3. The lowest BCUT2D eigenvalue weighted by molar-refractivity contribution is -0.118. The number of rotatable bonds is 15. The fourth-order valence-corrected chi connectivity index (χ4v) is 7.75. The Balaban J connectivity index is 0.819. The Hall–Kier alpha value is -6.76. The van der Waals surface area contributed by atoms with Crippen LogP contribution in [0.25, 0.3) is 22.0 Å². The highest BCUT2D eigenvalue weighted by molar-refractivity contribution is 6.05. The number of carbonyl (C=O) groups excluding carboxylic acids is 3. The van der Waals surface area contributed by atoms with Gasteiger partial charge in [0.1, 0.15) is 11.9 Å². The molecule has 1 aliphatic heterocycles. The lowest BCUT2D eigenvalue weighted by Gasteiger charge is -2.31. The minimum atomic E-state index is -0.474. The second-order valence-corrected chi connectivity index (χ2v) is 15.6. The standard InChI is InChI=1S/C49H52N6O6/c1-33(50-27-23-36-17-21-44(56)47-42(36)20-22-45(57)53-47)31-34-15-18-38(19-16-34)51-48(59)37-11-8-12-39(32-37)54(2)46(58)26-30-55-28-24-40(25-29-55)61-49(60)52-43-14-7-6-13-41(43)35-9-4-3-5-10-35/h3-22,32-33,40,50,56H,23-31H2,1-2H3,(H,51,59)(H,52,60)(H,53,57). The van der Waals surface area contributed by atoms with Crippen LogP contribution in [0.5, 0.6) is 5.75 Å². The van der Waals surface area contributed by atoms with Crippen LogP contribution in [0.2, 0.25) is 0 Å². The first-order chi connectivity index (χ1) is 29.6. The van der Waals surface area contributed by atoms with Gasteiger partial charge in [0, 0.05) is 73.1 Å². The number of hydrogen-bond acceptors (Lipinski definition) is 8. The number of para-hydroxylation sites is 1. The molecule has 0 bridgehead atoms. The van der Waals surface area contributed by atoms with E-state index < -0.39 is 6.09 Å². The Morgan fingerprint density at radius 2 is 1.62 bits per heavy atom. The van der Waals surface area contributed by atoms with Crippen LogP contribution < -0.4 is 26.4 Å². The maximum absolute atomic E-state index is 13.3. The van der Waals surface area contributed by atoms with E-state index in [0.717, 1.165) is 47.0 Å². The Bertz CT molecular complexity index is 2520. The molecule has 314 valence electrons. The molecule has 6 aromatic rings. The van der Waals surface area contributed by atoms with E-state index in [1.807, 2.05) is 91.0 Å². The van der Waals surface area contributed by atoms with Crippen LogP contribution in [0.15, 0.2) is 132 Å². The molecular weight excluding hydrogens is 769 g/mol. The number of carbonyl (C=O) groups is 3. The van der Waals surface area contributed by atoms with Gasteiger partial charge >= 0.3 is 6.09 Å². The highest BCUT2D eigenvalue weighted by atomic mass is 16.6. The predicted molar refractivity (Wildman–Crippen MR) is 241 cm³/mol. The Morgan fingerprint density at radius 1 is 0.869 bits per heavy atom. The number of fused-ring (bicyclic) bond motifs is 1. The van der Waals surface area contributed by atoms with Crippen LogP contribution in [-0.4, -0.2) is 78.3 Å². The first-order valence-electron chi connectivity index (χ1n) is 20.8. The number of nitrogens with zero attached hydrogens (tertiary/aromatic N) is 2. The zero-order chi connectivity index (χ0) is 42.7. The molecule has 0 saturated carbocycles. The summed E-state index contributed by atoms with van der Waals surface area (Å²) in [4.78, 5) is 57.6. The molecule has 1 unspecified atom stereocenters. The second-order valence-electron chi connectivity index (χ2n) is 15.6. The fourth-order valence-electron chi connectivity index (χ4n) is 7.75.